The quantitative estimate of drug-likeness (QED) is 0.649. The van der Waals surface area contributed by atoms with Crippen LogP contribution < -0.4 is 10.1 Å². The lowest BCUT2D eigenvalue weighted by Gasteiger charge is -2.41. The normalized spacial score (nSPS) is 21.2. The molecule has 1 N–H and O–H groups in total. The third-order valence-corrected chi connectivity index (χ3v) is 7.29. The van der Waals surface area contributed by atoms with Crippen LogP contribution in [0.1, 0.15) is 80.4 Å². The SMILES string of the molecule is CCC1(CC)C[C@H](NC(=O)c2ccc(CN3CCC(C)CC3)cc2)c2ccccc2O1. The monoisotopic (exact) mass is 420 g/mol. The van der Waals surface area contributed by atoms with Gasteiger partial charge in [-0.2, -0.15) is 0 Å². The van der Waals surface area contributed by atoms with Gasteiger partial charge in [-0.25, -0.2) is 0 Å². The van der Waals surface area contributed by atoms with Gasteiger partial charge in [-0.3, -0.25) is 9.69 Å². The van der Waals surface area contributed by atoms with E-state index in [4.69, 9.17) is 4.74 Å². The summed E-state index contributed by atoms with van der Waals surface area (Å²) in [5.74, 6) is 1.73. The highest BCUT2D eigenvalue weighted by atomic mass is 16.5. The van der Waals surface area contributed by atoms with E-state index in [1.54, 1.807) is 0 Å². The van der Waals surface area contributed by atoms with Crippen molar-refractivity contribution < 1.29 is 9.53 Å². The minimum atomic E-state index is -0.220. The van der Waals surface area contributed by atoms with E-state index in [0.29, 0.717) is 0 Å². The van der Waals surface area contributed by atoms with Crippen molar-refractivity contribution in [2.75, 3.05) is 13.1 Å². The van der Waals surface area contributed by atoms with Crippen LogP contribution in [0, 0.1) is 5.92 Å². The number of para-hydroxylation sites is 1. The Morgan fingerprint density at radius 1 is 1.06 bits per heavy atom. The van der Waals surface area contributed by atoms with Gasteiger partial charge in [-0.1, -0.05) is 51.1 Å². The fraction of sp³-hybridized carbons (Fsp3) is 0.519. The standard InChI is InChI=1S/C27H36N2O2/c1-4-27(5-2)18-24(23-8-6-7-9-25(23)31-27)28-26(30)22-12-10-21(11-13-22)19-29-16-14-20(3)15-17-29/h6-13,20,24H,4-5,14-19H2,1-3H3,(H,28,30)/t24-/m0/s1. The lowest BCUT2D eigenvalue weighted by molar-refractivity contribution is 0.0227. The zero-order valence-electron chi connectivity index (χ0n) is 19.2. The number of fused-ring (bicyclic) bond motifs is 1. The average molecular weight is 421 g/mol. The van der Waals surface area contributed by atoms with Crippen LogP contribution in [0.4, 0.5) is 0 Å². The van der Waals surface area contributed by atoms with Gasteiger partial charge in [0.05, 0.1) is 6.04 Å². The summed E-state index contributed by atoms with van der Waals surface area (Å²) in [5.41, 5.74) is 2.85. The zero-order valence-corrected chi connectivity index (χ0v) is 19.2. The summed E-state index contributed by atoms with van der Waals surface area (Å²) in [7, 11) is 0. The minimum Gasteiger partial charge on any atom is -0.487 e. The maximum Gasteiger partial charge on any atom is 0.251 e. The van der Waals surface area contributed by atoms with Gasteiger partial charge in [0.15, 0.2) is 0 Å². The molecular weight excluding hydrogens is 384 g/mol. The molecule has 4 nitrogen and oxygen atoms in total. The fourth-order valence-corrected chi connectivity index (χ4v) is 4.91. The largest absolute Gasteiger partial charge is 0.487 e. The first-order valence-electron chi connectivity index (χ1n) is 11.9. The van der Waals surface area contributed by atoms with Gasteiger partial charge in [0, 0.05) is 24.1 Å². The maximum atomic E-state index is 13.1. The van der Waals surface area contributed by atoms with Crippen molar-refractivity contribution in [3.63, 3.8) is 0 Å². The van der Waals surface area contributed by atoms with Gasteiger partial charge in [0.2, 0.25) is 0 Å². The van der Waals surface area contributed by atoms with E-state index in [1.807, 2.05) is 30.3 Å². The predicted molar refractivity (Wildman–Crippen MR) is 125 cm³/mol. The molecule has 1 amide bonds. The molecule has 166 valence electrons. The topological polar surface area (TPSA) is 41.6 Å². The molecule has 0 bridgehead atoms. The summed E-state index contributed by atoms with van der Waals surface area (Å²) < 4.78 is 6.37. The van der Waals surface area contributed by atoms with Gasteiger partial charge < -0.3 is 10.1 Å². The molecule has 2 aliphatic heterocycles. The van der Waals surface area contributed by atoms with Crippen molar-refractivity contribution in [1.82, 2.24) is 10.2 Å². The van der Waals surface area contributed by atoms with Gasteiger partial charge in [0.1, 0.15) is 11.4 Å². The third-order valence-electron chi connectivity index (χ3n) is 7.29. The molecule has 0 radical (unpaired) electrons. The number of piperidine rings is 1. The molecular formula is C27H36N2O2. The molecule has 0 spiro atoms. The lowest BCUT2D eigenvalue weighted by Crippen LogP contribution is -2.44. The Morgan fingerprint density at radius 3 is 2.42 bits per heavy atom. The highest BCUT2D eigenvalue weighted by Crippen LogP contribution is 2.42. The molecule has 2 heterocycles. The molecule has 0 unspecified atom stereocenters. The molecule has 2 aromatic carbocycles. The van der Waals surface area contributed by atoms with Crippen LogP contribution in [0.2, 0.25) is 0 Å². The minimum absolute atomic E-state index is 0.0128. The van der Waals surface area contributed by atoms with E-state index in [1.165, 1.54) is 31.5 Å². The zero-order chi connectivity index (χ0) is 21.8. The number of hydrogen-bond acceptors (Lipinski definition) is 3. The van der Waals surface area contributed by atoms with Crippen LogP contribution in [0.3, 0.4) is 0 Å². The smallest absolute Gasteiger partial charge is 0.251 e. The Hall–Kier alpha value is -2.33. The van der Waals surface area contributed by atoms with Crippen molar-refractivity contribution >= 4 is 5.91 Å². The van der Waals surface area contributed by atoms with E-state index in [2.05, 4.69) is 49.2 Å². The summed E-state index contributed by atoms with van der Waals surface area (Å²) in [4.78, 5) is 15.6. The maximum absolute atomic E-state index is 13.1. The number of amides is 1. The Morgan fingerprint density at radius 2 is 1.74 bits per heavy atom. The van der Waals surface area contributed by atoms with E-state index < -0.39 is 0 Å². The highest BCUT2D eigenvalue weighted by molar-refractivity contribution is 5.94. The highest BCUT2D eigenvalue weighted by Gasteiger charge is 2.39. The van der Waals surface area contributed by atoms with Crippen molar-refractivity contribution in [3.05, 3.63) is 65.2 Å². The summed E-state index contributed by atoms with van der Waals surface area (Å²) in [5, 5.41) is 3.29. The molecule has 1 atom stereocenters. The molecule has 4 rings (SSSR count). The Balaban J connectivity index is 1.44. The third kappa shape index (κ3) is 4.95. The number of carbonyl (C=O) groups is 1. The fourth-order valence-electron chi connectivity index (χ4n) is 4.91. The number of nitrogens with zero attached hydrogens (tertiary/aromatic N) is 1. The second-order valence-corrected chi connectivity index (χ2v) is 9.42. The lowest BCUT2D eigenvalue weighted by atomic mass is 9.83. The van der Waals surface area contributed by atoms with E-state index in [-0.39, 0.29) is 17.6 Å². The van der Waals surface area contributed by atoms with Gasteiger partial charge in [-0.15, -0.1) is 0 Å². The Labute approximate surface area is 187 Å². The second kappa shape index (κ2) is 9.44. The van der Waals surface area contributed by atoms with Gasteiger partial charge in [0.25, 0.3) is 5.91 Å². The number of ether oxygens (including phenoxy) is 1. The summed E-state index contributed by atoms with van der Waals surface area (Å²) in [6, 6.07) is 16.2. The summed E-state index contributed by atoms with van der Waals surface area (Å²) in [6.45, 7) is 9.98. The van der Waals surface area contributed by atoms with Crippen LogP contribution in [0.5, 0.6) is 5.75 Å². The van der Waals surface area contributed by atoms with Crippen LogP contribution in [0.15, 0.2) is 48.5 Å². The van der Waals surface area contributed by atoms with E-state index in [0.717, 1.165) is 48.6 Å². The summed E-state index contributed by atoms with van der Waals surface area (Å²) >= 11 is 0. The number of carbonyl (C=O) groups excluding carboxylic acids is 1. The number of likely N-dealkylation sites (tertiary alicyclic amines) is 1. The van der Waals surface area contributed by atoms with Crippen LogP contribution >= 0.6 is 0 Å². The van der Waals surface area contributed by atoms with E-state index >= 15 is 0 Å². The van der Waals surface area contributed by atoms with E-state index in [9.17, 15) is 4.79 Å². The van der Waals surface area contributed by atoms with Crippen molar-refractivity contribution in [2.45, 2.75) is 71.1 Å². The first-order valence-corrected chi connectivity index (χ1v) is 11.9. The predicted octanol–water partition coefficient (Wildman–Crippen LogP) is 5.73. The summed E-state index contributed by atoms with van der Waals surface area (Å²) in [6.07, 6.45) is 5.21. The molecule has 2 aliphatic rings. The Kier molecular flexibility index (Phi) is 6.66. The molecule has 4 heteroatoms. The molecule has 1 fully saturated rings. The first-order chi connectivity index (χ1) is 15.0. The number of benzene rings is 2. The van der Waals surface area contributed by atoms with Crippen molar-refractivity contribution in [1.29, 1.82) is 0 Å². The number of hydrogen-bond donors (Lipinski definition) is 1. The molecule has 0 aliphatic carbocycles. The average Bonchev–Trinajstić information content (AvgIpc) is 2.81. The van der Waals surface area contributed by atoms with Crippen LogP contribution in [-0.4, -0.2) is 29.5 Å². The number of rotatable bonds is 6. The van der Waals surface area contributed by atoms with Crippen molar-refractivity contribution in [3.8, 4) is 5.75 Å². The molecule has 2 aromatic rings. The first kappa shape index (κ1) is 21.9. The molecule has 0 saturated carbocycles. The second-order valence-electron chi connectivity index (χ2n) is 9.42. The number of nitrogens with one attached hydrogen (secondary N) is 1. The van der Waals surface area contributed by atoms with Crippen LogP contribution in [0.25, 0.3) is 0 Å². The molecule has 1 saturated heterocycles. The van der Waals surface area contributed by atoms with Crippen LogP contribution in [-0.2, 0) is 6.54 Å². The molecule has 0 aromatic heterocycles. The van der Waals surface area contributed by atoms with Crippen molar-refractivity contribution in [2.24, 2.45) is 5.92 Å². The molecule has 31 heavy (non-hydrogen) atoms. The van der Waals surface area contributed by atoms with Gasteiger partial charge >= 0.3 is 0 Å². The van der Waals surface area contributed by atoms with Gasteiger partial charge in [-0.05, 0) is 68.5 Å². The Bertz CT molecular complexity index is 880.